The van der Waals surface area contributed by atoms with Crippen LogP contribution in [0.4, 0.5) is 14.9 Å². The van der Waals surface area contributed by atoms with E-state index in [1.165, 1.54) is 28.0 Å². The van der Waals surface area contributed by atoms with Crippen LogP contribution in [0.2, 0.25) is 0 Å². The molecular formula is C27H25FN4O3. The van der Waals surface area contributed by atoms with Gasteiger partial charge >= 0.3 is 6.03 Å². The molecule has 2 N–H and O–H groups in total. The highest BCUT2D eigenvalue weighted by atomic mass is 19.1. The smallest absolute Gasteiger partial charge is 0.323 e. The third-order valence-corrected chi connectivity index (χ3v) is 6.25. The van der Waals surface area contributed by atoms with Gasteiger partial charge in [-0.3, -0.25) is 4.79 Å². The van der Waals surface area contributed by atoms with E-state index in [1.54, 1.807) is 32.3 Å². The van der Waals surface area contributed by atoms with Crippen molar-refractivity contribution in [2.24, 2.45) is 0 Å². The maximum Gasteiger partial charge on any atom is 0.323 e. The Balaban J connectivity index is 1.51. The first kappa shape index (κ1) is 23.9. The van der Waals surface area contributed by atoms with E-state index in [1.807, 2.05) is 36.4 Å². The summed E-state index contributed by atoms with van der Waals surface area (Å²) >= 11 is 0. The zero-order valence-corrected chi connectivity index (χ0v) is 19.4. The largest absolute Gasteiger partial charge is 0.394 e. The number of aliphatic hydroxyl groups excluding tert-OH is 1. The van der Waals surface area contributed by atoms with Crippen molar-refractivity contribution in [3.63, 3.8) is 0 Å². The number of anilines is 1. The minimum Gasteiger partial charge on any atom is -0.394 e. The van der Waals surface area contributed by atoms with Gasteiger partial charge in [-0.15, -0.1) is 0 Å². The lowest BCUT2D eigenvalue weighted by molar-refractivity contribution is 0.0223. The number of nitrogens with one attached hydrogen (secondary N) is 1. The standard InChI is InChI=1S/C27H25FN4O3/c1-31(2)26(34)20-13-9-18(10-14-20)17-7-11-19(12-8-17)25-23(15-29)32(24(25)16-33)27(35)30-22-6-4-3-5-21(22)28/h3-14,23-25,33H,16H2,1-2H3,(H,30,35)/t23-,24+,25+/m1/s1. The summed E-state index contributed by atoms with van der Waals surface area (Å²) in [4.78, 5) is 27.6. The topological polar surface area (TPSA) is 96.7 Å². The molecule has 178 valence electrons. The number of halogens is 1. The van der Waals surface area contributed by atoms with Crippen molar-refractivity contribution in [2.45, 2.75) is 18.0 Å². The molecule has 1 fully saturated rings. The Morgan fingerprint density at radius 3 is 2.17 bits per heavy atom. The molecule has 7 nitrogen and oxygen atoms in total. The van der Waals surface area contributed by atoms with Crippen molar-refractivity contribution in [1.29, 1.82) is 5.26 Å². The molecule has 3 amide bonds. The number of para-hydroxylation sites is 1. The number of aliphatic hydroxyl groups is 1. The quantitative estimate of drug-likeness (QED) is 0.585. The lowest BCUT2D eigenvalue weighted by Crippen LogP contribution is -2.66. The third-order valence-electron chi connectivity index (χ3n) is 6.25. The number of likely N-dealkylation sites (tertiary alicyclic amines) is 1. The number of hydrogen-bond acceptors (Lipinski definition) is 4. The lowest BCUT2D eigenvalue weighted by Gasteiger charge is -2.51. The van der Waals surface area contributed by atoms with E-state index in [9.17, 15) is 24.3 Å². The lowest BCUT2D eigenvalue weighted by atomic mass is 9.75. The van der Waals surface area contributed by atoms with Crippen molar-refractivity contribution in [1.82, 2.24) is 9.80 Å². The number of rotatable bonds is 5. The Kier molecular flexibility index (Phi) is 6.80. The first-order valence-electron chi connectivity index (χ1n) is 11.1. The van der Waals surface area contributed by atoms with E-state index in [0.717, 1.165) is 16.7 Å². The van der Waals surface area contributed by atoms with Crippen LogP contribution < -0.4 is 5.32 Å². The molecule has 0 bridgehead atoms. The number of carbonyl (C=O) groups excluding carboxylic acids is 2. The monoisotopic (exact) mass is 472 g/mol. The first-order valence-corrected chi connectivity index (χ1v) is 11.1. The van der Waals surface area contributed by atoms with Gasteiger partial charge in [0.2, 0.25) is 0 Å². The van der Waals surface area contributed by atoms with Crippen LogP contribution in [0.25, 0.3) is 11.1 Å². The van der Waals surface area contributed by atoms with Crippen molar-refractivity contribution in [3.8, 4) is 17.2 Å². The predicted octanol–water partition coefficient (Wildman–Crippen LogP) is 4.08. The zero-order chi connectivity index (χ0) is 25.1. The summed E-state index contributed by atoms with van der Waals surface area (Å²) < 4.78 is 13.9. The van der Waals surface area contributed by atoms with Gasteiger partial charge in [0.1, 0.15) is 11.9 Å². The molecule has 0 radical (unpaired) electrons. The minimum atomic E-state index is -0.805. The van der Waals surface area contributed by atoms with Gasteiger partial charge in [0.05, 0.1) is 24.4 Å². The second-order valence-electron chi connectivity index (χ2n) is 8.57. The summed E-state index contributed by atoms with van der Waals surface area (Å²) in [7, 11) is 3.41. The Morgan fingerprint density at radius 2 is 1.63 bits per heavy atom. The normalized spacial score (nSPS) is 18.8. The van der Waals surface area contributed by atoms with E-state index < -0.39 is 23.9 Å². The molecule has 1 saturated heterocycles. The SMILES string of the molecule is CN(C)C(=O)c1ccc(-c2ccc([C@H]3[C@@H](C#N)N(C(=O)Nc4ccccc4F)[C@H]3CO)cc2)cc1. The van der Waals surface area contributed by atoms with Gasteiger partial charge in [-0.1, -0.05) is 48.5 Å². The number of urea groups is 1. The summed E-state index contributed by atoms with van der Waals surface area (Å²) in [6, 6.07) is 20.7. The van der Waals surface area contributed by atoms with Gasteiger partial charge in [-0.2, -0.15) is 5.26 Å². The minimum absolute atomic E-state index is 0.0111. The Bertz CT molecular complexity index is 1270. The molecule has 0 aliphatic carbocycles. The van der Waals surface area contributed by atoms with Crippen LogP contribution in [-0.2, 0) is 0 Å². The number of hydrogen-bond donors (Lipinski definition) is 2. The zero-order valence-electron chi connectivity index (χ0n) is 19.4. The maximum atomic E-state index is 13.9. The number of carbonyl (C=O) groups is 2. The number of nitrogens with zero attached hydrogens (tertiary/aromatic N) is 3. The van der Waals surface area contributed by atoms with Crippen LogP contribution >= 0.6 is 0 Å². The van der Waals surface area contributed by atoms with E-state index in [2.05, 4.69) is 11.4 Å². The highest BCUT2D eigenvalue weighted by Gasteiger charge is 2.51. The molecule has 1 aliphatic heterocycles. The molecule has 3 aromatic rings. The fourth-order valence-corrected chi connectivity index (χ4v) is 4.39. The Labute approximate surface area is 203 Å². The molecule has 3 atom stereocenters. The van der Waals surface area contributed by atoms with Crippen LogP contribution in [0.5, 0.6) is 0 Å². The van der Waals surface area contributed by atoms with Gasteiger partial charge in [0, 0.05) is 25.6 Å². The Hall–Kier alpha value is -4.22. The second-order valence-corrected chi connectivity index (χ2v) is 8.57. The molecule has 35 heavy (non-hydrogen) atoms. The van der Waals surface area contributed by atoms with Crippen LogP contribution in [0.15, 0.2) is 72.8 Å². The molecule has 1 aliphatic rings. The molecule has 8 heteroatoms. The average molecular weight is 473 g/mol. The molecule has 1 heterocycles. The third kappa shape index (κ3) is 4.59. The molecule has 0 unspecified atom stereocenters. The molecule has 0 aromatic heterocycles. The van der Waals surface area contributed by atoms with E-state index in [-0.39, 0.29) is 24.1 Å². The number of amides is 3. The van der Waals surface area contributed by atoms with Gasteiger partial charge in [-0.05, 0) is 41.0 Å². The fourth-order valence-electron chi connectivity index (χ4n) is 4.39. The van der Waals surface area contributed by atoms with Crippen molar-refractivity contribution >= 4 is 17.6 Å². The van der Waals surface area contributed by atoms with E-state index in [0.29, 0.717) is 5.56 Å². The van der Waals surface area contributed by atoms with Crippen molar-refractivity contribution in [3.05, 3.63) is 89.7 Å². The molecular weight excluding hydrogens is 447 g/mol. The van der Waals surface area contributed by atoms with Crippen molar-refractivity contribution < 1.29 is 19.1 Å². The highest BCUT2D eigenvalue weighted by molar-refractivity contribution is 5.94. The molecule has 3 aromatic carbocycles. The first-order chi connectivity index (χ1) is 16.8. The van der Waals surface area contributed by atoms with Gasteiger partial charge in [-0.25, -0.2) is 9.18 Å². The van der Waals surface area contributed by atoms with Crippen LogP contribution in [-0.4, -0.2) is 59.6 Å². The van der Waals surface area contributed by atoms with E-state index >= 15 is 0 Å². The van der Waals surface area contributed by atoms with Crippen LogP contribution in [0.3, 0.4) is 0 Å². The molecule has 4 rings (SSSR count). The molecule has 0 saturated carbocycles. The Morgan fingerprint density at radius 1 is 1.03 bits per heavy atom. The summed E-state index contributed by atoms with van der Waals surface area (Å²) in [6.45, 7) is -0.337. The highest BCUT2D eigenvalue weighted by Crippen LogP contribution is 2.41. The van der Waals surface area contributed by atoms with Crippen LogP contribution in [0.1, 0.15) is 21.8 Å². The predicted molar refractivity (Wildman–Crippen MR) is 130 cm³/mol. The summed E-state index contributed by atoms with van der Waals surface area (Å²) in [5, 5.41) is 22.2. The van der Waals surface area contributed by atoms with Gasteiger partial charge in [0.15, 0.2) is 0 Å². The average Bonchev–Trinajstić information content (AvgIpc) is 2.85. The van der Waals surface area contributed by atoms with Gasteiger partial charge < -0.3 is 20.2 Å². The molecule has 0 spiro atoms. The van der Waals surface area contributed by atoms with Crippen LogP contribution in [0, 0.1) is 17.1 Å². The number of benzene rings is 3. The van der Waals surface area contributed by atoms with Gasteiger partial charge in [0.25, 0.3) is 5.91 Å². The summed E-state index contributed by atoms with van der Waals surface area (Å²) in [6.07, 6.45) is 0. The number of nitriles is 1. The van der Waals surface area contributed by atoms with Crippen molar-refractivity contribution in [2.75, 3.05) is 26.0 Å². The summed E-state index contributed by atoms with van der Waals surface area (Å²) in [5.41, 5.74) is 3.29. The summed E-state index contributed by atoms with van der Waals surface area (Å²) in [5.74, 6) is -1.04. The fraction of sp³-hybridized carbons (Fsp3) is 0.222. The maximum absolute atomic E-state index is 13.9. The van der Waals surface area contributed by atoms with E-state index in [4.69, 9.17) is 0 Å². The second kappa shape index (κ2) is 9.95.